The first-order chi connectivity index (χ1) is 8.59. The van der Waals surface area contributed by atoms with E-state index in [1.807, 2.05) is 16.8 Å². The first-order valence-electron chi connectivity index (χ1n) is 6.39. The summed E-state index contributed by atoms with van der Waals surface area (Å²) in [6, 6.07) is 1.93. The van der Waals surface area contributed by atoms with Crippen LogP contribution in [0, 0.1) is 0 Å². The van der Waals surface area contributed by atoms with E-state index in [-0.39, 0.29) is 0 Å². The molecule has 2 rings (SSSR count). The number of thiophene rings is 1. The Morgan fingerprint density at radius 2 is 2.22 bits per heavy atom. The summed E-state index contributed by atoms with van der Waals surface area (Å²) in [5.41, 5.74) is 5.95. The Labute approximate surface area is 112 Å². The molecule has 1 aromatic heterocycles. The second kappa shape index (κ2) is 5.71. The normalized spacial score (nSPS) is 20.8. The number of aliphatic hydroxyl groups is 1. The van der Waals surface area contributed by atoms with Crippen LogP contribution in [-0.2, 0) is 5.60 Å². The van der Waals surface area contributed by atoms with Gasteiger partial charge in [0.2, 0.25) is 0 Å². The fraction of sp³-hybridized carbons (Fsp3) is 0.615. The summed E-state index contributed by atoms with van der Waals surface area (Å²) < 4.78 is 0. The molecule has 0 aromatic carbocycles. The van der Waals surface area contributed by atoms with Crippen LogP contribution in [0.4, 0.5) is 0 Å². The Bertz CT molecular complexity index is 394. The van der Waals surface area contributed by atoms with Gasteiger partial charge in [0.05, 0.1) is 6.54 Å². The monoisotopic (exact) mass is 267 g/mol. The van der Waals surface area contributed by atoms with E-state index in [0.29, 0.717) is 12.5 Å². The molecule has 3 N–H and O–H groups in total. The van der Waals surface area contributed by atoms with Gasteiger partial charge < -0.3 is 15.7 Å². The zero-order valence-electron chi connectivity index (χ0n) is 10.8. The molecule has 4 nitrogen and oxygen atoms in total. The molecule has 1 fully saturated rings. The molecule has 1 aliphatic rings. The average molecular weight is 267 g/mol. The van der Waals surface area contributed by atoms with Crippen LogP contribution in [0.2, 0.25) is 0 Å². The highest BCUT2D eigenvalue weighted by Crippen LogP contribution is 2.23. The minimum absolute atomic E-state index is 0.312. The molecule has 0 amide bonds. The van der Waals surface area contributed by atoms with Gasteiger partial charge in [0.25, 0.3) is 0 Å². The maximum Gasteiger partial charge on any atom is 0.191 e. The number of guanidine groups is 1. The molecule has 0 spiro atoms. The third kappa shape index (κ3) is 3.23. The van der Waals surface area contributed by atoms with Gasteiger partial charge in [-0.05, 0) is 48.6 Å². The number of hydrogen-bond acceptors (Lipinski definition) is 3. The van der Waals surface area contributed by atoms with Crippen LogP contribution in [0.1, 0.15) is 31.7 Å². The van der Waals surface area contributed by atoms with Crippen LogP contribution >= 0.6 is 11.3 Å². The second-order valence-electron chi connectivity index (χ2n) is 5.01. The standard InChI is InChI=1S/C13H21N3OS/c1-13(17,11-5-8-18-9-11)10-15-12(14)16-6-3-2-4-7-16/h5,8-9,17H,2-4,6-7,10H2,1H3,(H2,14,15). The zero-order valence-corrected chi connectivity index (χ0v) is 11.6. The maximum absolute atomic E-state index is 10.3. The quantitative estimate of drug-likeness (QED) is 0.648. The number of nitrogens with zero attached hydrogens (tertiary/aromatic N) is 2. The average Bonchev–Trinajstić information content (AvgIpc) is 2.92. The van der Waals surface area contributed by atoms with Crippen molar-refractivity contribution < 1.29 is 5.11 Å². The van der Waals surface area contributed by atoms with Crippen LogP contribution in [0.5, 0.6) is 0 Å². The second-order valence-corrected chi connectivity index (χ2v) is 5.79. The van der Waals surface area contributed by atoms with Crippen molar-refractivity contribution in [2.24, 2.45) is 10.7 Å². The van der Waals surface area contributed by atoms with Crippen molar-refractivity contribution in [3.63, 3.8) is 0 Å². The van der Waals surface area contributed by atoms with Gasteiger partial charge in [0.1, 0.15) is 5.60 Å². The largest absolute Gasteiger partial charge is 0.383 e. The highest BCUT2D eigenvalue weighted by molar-refractivity contribution is 7.08. The van der Waals surface area contributed by atoms with Crippen molar-refractivity contribution in [2.75, 3.05) is 19.6 Å². The van der Waals surface area contributed by atoms with Crippen LogP contribution < -0.4 is 5.73 Å². The molecular formula is C13H21N3OS. The smallest absolute Gasteiger partial charge is 0.191 e. The Morgan fingerprint density at radius 3 is 2.83 bits per heavy atom. The summed E-state index contributed by atoms with van der Waals surface area (Å²) in [6.07, 6.45) is 3.63. The predicted octanol–water partition coefficient (Wildman–Crippen LogP) is 1.76. The molecule has 1 saturated heterocycles. The van der Waals surface area contributed by atoms with Crippen LogP contribution in [0.3, 0.4) is 0 Å². The number of hydrogen-bond donors (Lipinski definition) is 2. The molecule has 1 unspecified atom stereocenters. The van der Waals surface area contributed by atoms with Crippen molar-refractivity contribution in [1.82, 2.24) is 4.90 Å². The Hall–Kier alpha value is -1.07. The Morgan fingerprint density at radius 1 is 1.50 bits per heavy atom. The molecular weight excluding hydrogens is 246 g/mol. The van der Waals surface area contributed by atoms with Gasteiger partial charge in [-0.15, -0.1) is 0 Å². The predicted molar refractivity (Wildman–Crippen MR) is 75.8 cm³/mol. The SMILES string of the molecule is CC(O)(CN=C(N)N1CCCCC1)c1ccsc1. The Kier molecular flexibility index (Phi) is 4.24. The number of likely N-dealkylation sites (tertiary alicyclic amines) is 1. The summed E-state index contributed by atoms with van der Waals surface area (Å²) in [5, 5.41) is 14.3. The molecule has 0 radical (unpaired) electrons. The van der Waals surface area contributed by atoms with Gasteiger partial charge in [-0.2, -0.15) is 11.3 Å². The van der Waals surface area contributed by atoms with E-state index < -0.39 is 5.60 Å². The molecule has 0 aliphatic carbocycles. The van der Waals surface area contributed by atoms with E-state index >= 15 is 0 Å². The first kappa shape index (κ1) is 13.4. The maximum atomic E-state index is 10.3. The fourth-order valence-electron chi connectivity index (χ4n) is 2.12. The van der Waals surface area contributed by atoms with Crippen LogP contribution in [0.15, 0.2) is 21.8 Å². The first-order valence-corrected chi connectivity index (χ1v) is 7.34. The molecule has 18 heavy (non-hydrogen) atoms. The van der Waals surface area contributed by atoms with E-state index in [0.717, 1.165) is 18.7 Å². The van der Waals surface area contributed by atoms with Crippen LogP contribution in [-0.4, -0.2) is 35.6 Å². The summed E-state index contributed by atoms with van der Waals surface area (Å²) >= 11 is 1.58. The lowest BCUT2D eigenvalue weighted by atomic mass is 10.00. The lowest BCUT2D eigenvalue weighted by molar-refractivity contribution is 0.0674. The summed E-state index contributed by atoms with van der Waals surface area (Å²) in [4.78, 5) is 6.45. The third-order valence-corrected chi connectivity index (χ3v) is 4.06. The molecule has 1 atom stereocenters. The van der Waals surface area contributed by atoms with Crippen LogP contribution in [0.25, 0.3) is 0 Å². The Balaban J connectivity index is 1.96. The minimum Gasteiger partial charge on any atom is -0.383 e. The minimum atomic E-state index is -0.930. The lowest BCUT2D eigenvalue weighted by Gasteiger charge is -2.28. The van der Waals surface area contributed by atoms with Crippen molar-refractivity contribution >= 4 is 17.3 Å². The van der Waals surface area contributed by atoms with Gasteiger partial charge in [-0.3, -0.25) is 0 Å². The highest BCUT2D eigenvalue weighted by Gasteiger charge is 2.23. The number of rotatable bonds is 3. The summed E-state index contributed by atoms with van der Waals surface area (Å²) in [6.45, 7) is 4.06. The summed E-state index contributed by atoms with van der Waals surface area (Å²) in [7, 11) is 0. The third-order valence-electron chi connectivity index (χ3n) is 3.37. The molecule has 100 valence electrons. The molecule has 1 aliphatic heterocycles. The van der Waals surface area contributed by atoms with E-state index in [4.69, 9.17) is 5.73 Å². The fourth-order valence-corrected chi connectivity index (χ4v) is 2.90. The molecule has 0 bridgehead atoms. The van der Waals surface area contributed by atoms with Gasteiger partial charge in [-0.1, -0.05) is 0 Å². The van der Waals surface area contributed by atoms with Gasteiger partial charge in [-0.25, -0.2) is 4.99 Å². The zero-order chi connectivity index (χ0) is 13.0. The topological polar surface area (TPSA) is 61.9 Å². The van der Waals surface area contributed by atoms with Crippen molar-refractivity contribution in [1.29, 1.82) is 0 Å². The van der Waals surface area contributed by atoms with E-state index in [1.165, 1.54) is 19.3 Å². The lowest BCUT2D eigenvalue weighted by Crippen LogP contribution is -2.41. The highest BCUT2D eigenvalue weighted by atomic mass is 32.1. The van der Waals surface area contributed by atoms with E-state index in [1.54, 1.807) is 18.3 Å². The van der Waals surface area contributed by atoms with E-state index in [9.17, 15) is 5.11 Å². The van der Waals surface area contributed by atoms with Gasteiger partial charge in [0, 0.05) is 13.1 Å². The van der Waals surface area contributed by atoms with Crippen molar-refractivity contribution in [3.8, 4) is 0 Å². The van der Waals surface area contributed by atoms with Gasteiger partial charge >= 0.3 is 0 Å². The van der Waals surface area contributed by atoms with E-state index in [2.05, 4.69) is 9.89 Å². The molecule has 0 saturated carbocycles. The summed E-state index contributed by atoms with van der Waals surface area (Å²) in [5.74, 6) is 0.560. The van der Waals surface area contributed by atoms with Crippen molar-refractivity contribution in [3.05, 3.63) is 22.4 Å². The molecule has 1 aromatic rings. The number of piperidine rings is 1. The molecule has 2 heterocycles. The van der Waals surface area contributed by atoms with Gasteiger partial charge in [0.15, 0.2) is 5.96 Å². The van der Waals surface area contributed by atoms with Crippen molar-refractivity contribution in [2.45, 2.75) is 31.8 Å². The number of nitrogens with two attached hydrogens (primary N) is 1. The number of aliphatic imine (C=N–C) groups is 1. The molecule has 5 heteroatoms.